The predicted molar refractivity (Wildman–Crippen MR) is 108 cm³/mol. The first kappa shape index (κ1) is 19.7. The Kier molecular flexibility index (Phi) is 6.40. The lowest BCUT2D eigenvalue weighted by Crippen LogP contribution is -2.39. The highest BCUT2D eigenvalue weighted by Gasteiger charge is 2.31. The summed E-state index contributed by atoms with van der Waals surface area (Å²) >= 11 is 6.30. The maximum atomic E-state index is 11.3. The number of hydrogen-bond acceptors (Lipinski definition) is 3. The first-order valence-corrected chi connectivity index (χ1v) is 9.80. The number of ether oxygens (including phenoxy) is 1. The normalized spacial score (nSPS) is 16.9. The van der Waals surface area contributed by atoms with Crippen LogP contribution in [0.2, 0.25) is 5.02 Å². The minimum Gasteiger partial charge on any atom is -0.496 e. The lowest BCUT2D eigenvalue weighted by molar-refractivity contribution is -0.143. The van der Waals surface area contributed by atoms with Gasteiger partial charge in [-0.2, -0.15) is 0 Å². The van der Waals surface area contributed by atoms with Crippen molar-refractivity contribution in [2.75, 3.05) is 20.2 Å². The summed E-state index contributed by atoms with van der Waals surface area (Å²) in [5, 5.41) is 9.99. The van der Waals surface area contributed by atoms with E-state index in [0.717, 1.165) is 30.8 Å². The van der Waals surface area contributed by atoms with Gasteiger partial charge in [0.15, 0.2) is 0 Å². The molecule has 0 spiro atoms. The van der Waals surface area contributed by atoms with Crippen molar-refractivity contribution < 1.29 is 14.6 Å². The molecule has 1 saturated heterocycles. The van der Waals surface area contributed by atoms with Gasteiger partial charge in [0.25, 0.3) is 0 Å². The van der Waals surface area contributed by atoms with Crippen molar-refractivity contribution in [3.63, 3.8) is 0 Å². The molecule has 0 aromatic heterocycles. The summed E-state index contributed by atoms with van der Waals surface area (Å²) in [4.78, 5) is 13.7. The second-order valence-corrected chi connectivity index (χ2v) is 7.47. The summed E-state index contributed by atoms with van der Waals surface area (Å²) in [6, 6.07) is 14.3. The van der Waals surface area contributed by atoms with Crippen molar-refractivity contribution in [1.29, 1.82) is 0 Å². The van der Waals surface area contributed by atoms with Crippen LogP contribution >= 0.6 is 11.6 Å². The molecule has 1 aliphatic rings. The Morgan fingerprint density at radius 3 is 2.44 bits per heavy atom. The lowest BCUT2D eigenvalue weighted by atomic mass is 9.90. The number of carbonyl (C=O) groups is 1. The predicted octanol–water partition coefficient (Wildman–Crippen LogP) is 4.80. The van der Waals surface area contributed by atoms with Crippen LogP contribution in [0.4, 0.5) is 0 Å². The molecule has 144 valence electrons. The van der Waals surface area contributed by atoms with Crippen LogP contribution in [0.5, 0.6) is 5.75 Å². The molecule has 0 amide bonds. The zero-order chi connectivity index (χ0) is 19.4. The van der Waals surface area contributed by atoms with E-state index in [2.05, 4.69) is 36.1 Å². The van der Waals surface area contributed by atoms with Crippen LogP contribution in [0, 0.1) is 5.92 Å². The van der Waals surface area contributed by atoms with Crippen LogP contribution in [0.3, 0.4) is 0 Å². The van der Waals surface area contributed by atoms with Gasteiger partial charge < -0.3 is 9.84 Å². The molecule has 2 aromatic rings. The lowest BCUT2D eigenvalue weighted by Gasteiger charge is -2.37. The van der Waals surface area contributed by atoms with E-state index in [4.69, 9.17) is 16.3 Å². The molecule has 5 heteroatoms. The highest BCUT2D eigenvalue weighted by Crippen LogP contribution is 2.38. The van der Waals surface area contributed by atoms with Crippen LogP contribution in [0.15, 0.2) is 42.5 Å². The second kappa shape index (κ2) is 8.77. The number of carboxylic acid groups (broad SMARTS) is 1. The van der Waals surface area contributed by atoms with Crippen LogP contribution in [-0.2, 0) is 11.2 Å². The third kappa shape index (κ3) is 4.45. The van der Waals surface area contributed by atoms with Crippen molar-refractivity contribution in [3.05, 3.63) is 64.2 Å². The third-order valence-corrected chi connectivity index (χ3v) is 5.67. The first-order chi connectivity index (χ1) is 13.0. The minimum absolute atomic E-state index is 0.0145. The number of nitrogens with zero attached hydrogens (tertiary/aromatic N) is 1. The van der Waals surface area contributed by atoms with E-state index in [0.29, 0.717) is 17.9 Å². The molecule has 1 unspecified atom stereocenters. The molecule has 1 aliphatic heterocycles. The molecule has 0 bridgehead atoms. The van der Waals surface area contributed by atoms with Crippen LogP contribution in [0.25, 0.3) is 0 Å². The van der Waals surface area contributed by atoms with Crippen molar-refractivity contribution in [1.82, 2.24) is 4.90 Å². The van der Waals surface area contributed by atoms with Gasteiger partial charge in [0.2, 0.25) is 0 Å². The first-order valence-electron chi connectivity index (χ1n) is 9.42. The molecule has 1 heterocycles. The summed E-state index contributed by atoms with van der Waals surface area (Å²) in [6.45, 7) is 3.60. The highest BCUT2D eigenvalue weighted by molar-refractivity contribution is 6.30. The number of aliphatic carboxylic acids is 1. The molecule has 1 N–H and O–H groups in total. The Morgan fingerprint density at radius 2 is 1.89 bits per heavy atom. The van der Waals surface area contributed by atoms with Gasteiger partial charge in [-0.05, 0) is 61.7 Å². The Hall–Kier alpha value is -2.04. The molecule has 4 nitrogen and oxygen atoms in total. The fourth-order valence-corrected chi connectivity index (χ4v) is 4.03. The zero-order valence-corrected chi connectivity index (χ0v) is 16.6. The Bertz CT molecular complexity index is 783. The van der Waals surface area contributed by atoms with Gasteiger partial charge in [0, 0.05) is 10.6 Å². The molecule has 3 rings (SSSR count). The quantitative estimate of drug-likeness (QED) is 0.773. The molecular formula is C22H26ClNO3. The van der Waals surface area contributed by atoms with E-state index in [9.17, 15) is 9.90 Å². The average Bonchev–Trinajstić information content (AvgIpc) is 2.69. The smallest absolute Gasteiger partial charge is 0.306 e. The number of carboxylic acids is 1. The second-order valence-electron chi connectivity index (χ2n) is 7.03. The van der Waals surface area contributed by atoms with Crippen molar-refractivity contribution in [2.45, 2.75) is 32.2 Å². The number of benzene rings is 2. The number of rotatable bonds is 6. The number of halogens is 1. The SMILES string of the molecule is CCc1ccc(C(c2cc(Cl)ccc2OC)N2CCC(C(=O)O)CC2)cc1. The summed E-state index contributed by atoms with van der Waals surface area (Å²) < 4.78 is 5.62. The van der Waals surface area contributed by atoms with Crippen molar-refractivity contribution >= 4 is 17.6 Å². The fraction of sp³-hybridized carbons (Fsp3) is 0.409. The van der Waals surface area contributed by atoms with Crippen LogP contribution < -0.4 is 4.74 Å². The van der Waals surface area contributed by atoms with Gasteiger partial charge in [-0.15, -0.1) is 0 Å². The number of piperidine rings is 1. The molecular weight excluding hydrogens is 362 g/mol. The van der Waals surface area contributed by atoms with Gasteiger partial charge in [-0.3, -0.25) is 9.69 Å². The van der Waals surface area contributed by atoms with E-state index < -0.39 is 5.97 Å². The number of hydrogen-bond donors (Lipinski definition) is 1. The maximum Gasteiger partial charge on any atom is 0.306 e. The summed E-state index contributed by atoms with van der Waals surface area (Å²) in [6.07, 6.45) is 2.30. The molecule has 0 radical (unpaired) electrons. The van der Waals surface area contributed by atoms with Crippen LogP contribution in [-0.4, -0.2) is 36.2 Å². The highest BCUT2D eigenvalue weighted by atomic mass is 35.5. The molecule has 27 heavy (non-hydrogen) atoms. The molecule has 1 atom stereocenters. The number of methoxy groups -OCH3 is 1. The fourth-order valence-electron chi connectivity index (χ4n) is 3.85. The van der Waals surface area contributed by atoms with E-state index in [-0.39, 0.29) is 12.0 Å². The minimum atomic E-state index is -0.696. The molecule has 2 aromatic carbocycles. The Labute approximate surface area is 165 Å². The third-order valence-electron chi connectivity index (χ3n) is 5.43. The largest absolute Gasteiger partial charge is 0.496 e. The Balaban J connectivity index is 1.99. The Morgan fingerprint density at radius 1 is 1.22 bits per heavy atom. The standard InChI is InChI=1S/C22H26ClNO3/c1-3-15-4-6-16(7-5-15)21(19-14-18(23)8-9-20(19)27-2)24-12-10-17(11-13-24)22(25)26/h4-9,14,17,21H,3,10-13H2,1-2H3,(H,25,26). The zero-order valence-electron chi connectivity index (χ0n) is 15.8. The average molecular weight is 388 g/mol. The van der Waals surface area contributed by atoms with E-state index in [1.54, 1.807) is 7.11 Å². The molecule has 0 saturated carbocycles. The monoisotopic (exact) mass is 387 g/mol. The number of aryl methyl sites for hydroxylation is 1. The van der Waals surface area contributed by atoms with Crippen LogP contribution in [0.1, 0.15) is 42.5 Å². The maximum absolute atomic E-state index is 11.3. The van der Waals surface area contributed by atoms with Gasteiger partial charge in [0.1, 0.15) is 5.75 Å². The molecule has 1 fully saturated rings. The van der Waals surface area contributed by atoms with Gasteiger partial charge >= 0.3 is 5.97 Å². The van der Waals surface area contributed by atoms with Gasteiger partial charge in [-0.1, -0.05) is 42.8 Å². The van der Waals surface area contributed by atoms with Crippen molar-refractivity contribution in [3.8, 4) is 5.75 Å². The summed E-state index contributed by atoms with van der Waals surface area (Å²) in [5.41, 5.74) is 3.48. The van der Waals surface area contributed by atoms with Crippen molar-refractivity contribution in [2.24, 2.45) is 5.92 Å². The van der Waals surface area contributed by atoms with E-state index in [1.165, 1.54) is 11.1 Å². The molecule has 0 aliphatic carbocycles. The summed E-state index contributed by atoms with van der Waals surface area (Å²) in [7, 11) is 1.67. The van der Waals surface area contributed by atoms with Gasteiger partial charge in [-0.25, -0.2) is 0 Å². The van der Waals surface area contributed by atoms with E-state index in [1.807, 2.05) is 18.2 Å². The van der Waals surface area contributed by atoms with E-state index >= 15 is 0 Å². The summed E-state index contributed by atoms with van der Waals surface area (Å²) in [5.74, 6) is -0.159. The topological polar surface area (TPSA) is 49.8 Å². The number of likely N-dealkylation sites (tertiary alicyclic amines) is 1. The van der Waals surface area contributed by atoms with Gasteiger partial charge in [0.05, 0.1) is 19.1 Å².